The predicted octanol–water partition coefficient (Wildman–Crippen LogP) is -0.197. The standard InChI is InChI=1S/C9H8N2S/c10-9(11)12-7-6-8-4-2-1-3-5-8/h1-5H,(H3,10,11)/p+1. The summed E-state index contributed by atoms with van der Waals surface area (Å²) in [5.41, 5.74) is 6.18. The molecule has 0 saturated heterocycles. The lowest BCUT2D eigenvalue weighted by molar-refractivity contribution is -0.109. The second-order valence-electron chi connectivity index (χ2n) is 2.10. The smallest absolute Gasteiger partial charge is 0.281 e. The first-order valence-electron chi connectivity index (χ1n) is 3.40. The molecule has 0 aliphatic heterocycles. The third-order valence-electron chi connectivity index (χ3n) is 1.14. The lowest BCUT2D eigenvalue weighted by Gasteiger charge is -1.84. The van der Waals surface area contributed by atoms with Crippen LogP contribution in [-0.4, -0.2) is 5.17 Å². The van der Waals surface area contributed by atoms with Crippen molar-refractivity contribution in [2.45, 2.75) is 0 Å². The average Bonchev–Trinajstić information content (AvgIpc) is 2.05. The van der Waals surface area contributed by atoms with Crippen LogP contribution in [0.5, 0.6) is 0 Å². The molecule has 0 bridgehead atoms. The van der Waals surface area contributed by atoms with Gasteiger partial charge in [0.2, 0.25) is 0 Å². The highest BCUT2D eigenvalue weighted by molar-refractivity contribution is 8.17. The Kier molecular flexibility index (Phi) is 3.24. The van der Waals surface area contributed by atoms with Gasteiger partial charge in [0, 0.05) is 17.3 Å². The Morgan fingerprint density at radius 1 is 1.33 bits per heavy atom. The zero-order valence-electron chi connectivity index (χ0n) is 6.45. The van der Waals surface area contributed by atoms with Crippen LogP contribution < -0.4 is 11.1 Å². The van der Waals surface area contributed by atoms with Crippen LogP contribution >= 0.6 is 11.8 Å². The predicted molar refractivity (Wildman–Crippen MR) is 52.0 cm³/mol. The Labute approximate surface area is 75.7 Å². The molecule has 4 N–H and O–H groups in total. The third kappa shape index (κ3) is 3.13. The van der Waals surface area contributed by atoms with Crippen LogP contribution in [0.15, 0.2) is 30.3 Å². The first-order chi connectivity index (χ1) is 5.79. The number of nitrogens with two attached hydrogens (primary N) is 2. The van der Waals surface area contributed by atoms with Gasteiger partial charge in [0.25, 0.3) is 0 Å². The summed E-state index contributed by atoms with van der Waals surface area (Å²) in [6, 6.07) is 9.68. The maximum absolute atomic E-state index is 5.21. The maximum atomic E-state index is 5.21. The first kappa shape index (κ1) is 8.69. The van der Waals surface area contributed by atoms with Crippen molar-refractivity contribution in [3.05, 3.63) is 35.9 Å². The van der Waals surface area contributed by atoms with Crippen LogP contribution in [0, 0.1) is 11.2 Å². The Balaban J connectivity index is 2.61. The fraction of sp³-hybridized carbons (Fsp3) is 0. The molecule has 3 heteroatoms. The Morgan fingerprint density at radius 3 is 2.58 bits per heavy atom. The molecule has 0 atom stereocenters. The average molecular weight is 177 g/mol. The molecule has 0 radical (unpaired) electrons. The van der Waals surface area contributed by atoms with E-state index in [0.717, 1.165) is 17.3 Å². The normalized spacial score (nSPS) is 8.33. The second kappa shape index (κ2) is 4.47. The minimum atomic E-state index is 0.276. The van der Waals surface area contributed by atoms with Gasteiger partial charge in [-0.2, -0.15) is 0 Å². The van der Waals surface area contributed by atoms with E-state index in [-0.39, 0.29) is 5.17 Å². The van der Waals surface area contributed by atoms with Gasteiger partial charge in [0.15, 0.2) is 0 Å². The molecule has 1 aromatic carbocycles. The fourth-order valence-electron chi connectivity index (χ4n) is 0.665. The molecular weight excluding hydrogens is 168 g/mol. The van der Waals surface area contributed by atoms with Gasteiger partial charge in [-0.3, -0.25) is 11.1 Å². The summed E-state index contributed by atoms with van der Waals surface area (Å²) in [6.07, 6.45) is 0. The number of benzene rings is 1. The number of hydrogen-bond acceptors (Lipinski definition) is 1. The van der Waals surface area contributed by atoms with Gasteiger partial charge in [0.05, 0.1) is 0 Å². The molecule has 1 aromatic rings. The van der Waals surface area contributed by atoms with Gasteiger partial charge in [-0.15, -0.1) is 0 Å². The molecule has 2 nitrogen and oxygen atoms in total. The van der Waals surface area contributed by atoms with Crippen molar-refractivity contribution >= 4 is 16.9 Å². The van der Waals surface area contributed by atoms with Gasteiger partial charge in [-0.1, -0.05) is 24.1 Å². The molecule has 0 unspecified atom stereocenters. The van der Waals surface area contributed by atoms with Crippen molar-refractivity contribution in [1.29, 1.82) is 0 Å². The summed E-state index contributed by atoms with van der Waals surface area (Å²) in [6.45, 7) is 0. The highest BCUT2D eigenvalue weighted by Gasteiger charge is 1.88. The summed E-state index contributed by atoms with van der Waals surface area (Å²) in [7, 11) is 0. The molecule has 0 aliphatic rings. The molecule has 0 amide bonds. The van der Waals surface area contributed by atoms with E-state index >= 15 is 0 Å². The molecule has 12 heavy (non-hydrogen) atoms. The molecule has 60 valence electrons. The highest BCUT2D eigenvalue weighted by Crippen LogP contribution is 1.97. The highest BCUT2D eigenvalue weighted by atomic mass is 32.2. The Morgan fingerprint density at radius 2 is 2.00 bits per heavy atom. The van der Waals surface area contributed by atoms with Gasteiger partial charge in [0.1, 0.15) is 0 Å². The molecular formula is C9H9N2S+. The van der Waals surface area contributed by atoms with Crippen molar-refractivity contribution in [3.63, 3.8) is 0 Å². The summed E-state index contributed by atoms with van der Waals surface area (Å²) in [5.74, 6) is 2.91. The maximum Gasteiger partial charge on any atom is 0.312 e. The Hall–Kier alpha value is -1.40. The Bertz CT molecular complexity index is 321. The van der Waals surface area contributed by atoms with E-state index in [2.05, 4.69) is 11.2 Å². The van der Waals surface area contributed by atoms with Crippen LogP contribution in [0.1, 0.15) is 5.56 Å². The number of hydrogen-bond donors (Lipinski definition) is 2. The van der Waals surface area contributed by atoms with Crippen LogP contribution in [0.4, 0.5) is 0 Å². The molecule has 0 heterocycles. The number of rotatable bonds is 0. The van der Waals surface area contributed by atoms with Gasteiger partial charge < -0.3 is 0 Å². The molecule has 1 rings (SSSR count). The molecule has 0 fully saturated rings. The molecule has 0 saturated carbocycles. The largest absolute Gasteiger partial charge is 0.312 e. The lowest BCUT2D eigenvalue weighted by Crippen LogP contribution is -2.42. The molecule has 0 aromatic heterocycles. The van der Waals surface area contributed by atoms with E-state index in [4.69, 9.17) is 11.1 Å². The molecule has 0 spiro atoms. The van der Waals surface area contributed by atoms with Gasteiger partial charge in [-0.05, 0) is 17.4 Å². The monoisotopic (exact) mass is 177 g/mol. The third-order valence-corrected chi connectivity index (χ3v) is 1.58. The van der Waals surface area contributed by atoms with Crippen molar-refractivity contribution in [1.82, 2.24) is 0 Å². The summed E-state index contributed by atoms with van der Waals surface area (Å²) >= 11 is 1.14. The van der Waals surface area contributed by atoms with E-state index in [0.29, 0.717) is 0 Å². The first-order valence-corrected chi connectivity index (χ1v) is 4.21. The summed E-state index contributed by atoms with van der Waals surface area (Å²) in [5, 5.41) is 8.27. The zero-order valence-corrected chi connectivity index (χ0v) is 7.27. The number of amidine groups is 1. The zero-order chi connectivity index (χ0) is 8.81. The van der Waals surface area contributed by atoms with E-state index < -0.39 is 0 Å². The summed E-state index contributed by atoms with van der Waals surface area (Å²) in [4.78, 5) is 0. The second-order valence-corrected chi connectivity index (χ2v) is 2.98. The van der Waals surface area contributed by atoms with Crippen molar-refractivity contribution < 1.29 is 5.41 Å². The molecule has 0 aliphatic carbocycles. The van der Waals surface area contributed by atoms with Crippen LogP contribution in [0.25, 0.3) is 0 Å². The van der Waals surface area contributed by atoms with Gasteiger partial charge >= 0.3 is 5.17 Å². The van der Waals surface area contributed by atoms with E-state index in [1.54, 1.807) is 0 Å². The summed E-state index contributed by atoms with van der Waals surface area (Å²) < 4.78 is 0. The number of thioether (sulfide) groups is 1. The lowest BCUT2D eigenvalue weighted by atomic mass is 10.2. The van der Waals surface area contributed by atoms with Crippen molar-refractivity contribution in [2.75, 3.05) is 0 Å². The topological polar surface area (TPSA) is 51.6 Å². The minimum Gasteiger partial charge on any atom is -0.281 e. The van der Waals surface area contributed by atoms with E-state index in [1.807, 2.05) is 30.3 Å². The minimum absolute atomic E-state index is 0.276. The SMILES string of the molecule is NC(=[NH2+])SC#Cc1ccccc1. The quantitative estimate of drug-likeness (QED) is 0.328. The van der Waals surface area contributed by atoms with E-state index in [1.165, 1.54) is 0 Å². The van der Waals surface area contributed by atoms with Crippen LogP contribution in [-0.2, 0) is 0 Å². The van der Waals surface area contributed by atoms with Gasteiger partial charge in [-0.25, -0.2) is 0 Å². The van der Waals surface area contributed by atoms with Crippen LogP contribution in [0.3, 0.4) is 0 Å². The van der Waals surface area contributed by atoms with Crippen molar-refractivity contribution in [2.24, 2.45) is 5.73 Å². The fourth-order valence-corrected chi connectivity index (χ4v) is 0.952. The van der Waals surface area contributed by atoms with E-state index in [9.17, 15) is 0 Å². The van der Waals surface area contributed by atoms with Crippen LogP contribution in [0.2, 0.25) is 0 Å². The van der Waals surface area contributed by atoms with Crippen molar-refractivity contribution in [3.8, 4) is 11.2 Å².